The van der Waals surface area contributed by atoms with Crippen molar-refractivity contribution in [1.29, 1.82) is 0 Å². The number of fused-ring (bicyclic) bond motifs is 1. The fourth-order valence-electron chi connectivity index (χ4n) is 2.51. The van der Waals surface area contributed by atoms with Gasteiger partial charge < -0.3 is 4.52 Å². The summed E-state index contributed by atoms with van der Waals surface area (Å²) in [5.74, 6) is 1.70. The smallest absolute Gasteiger partial charge is 0.262 e. The van der Waals surface area contributed by atoms with Gasteiger partial charge in [0.1, 0.15) is 0 Å². The molecule has 0 radical (unpaired) electrons. The van der Waals surface area contributed by atoms with Gasteiger partial charge in [0.25, 0.3) is 5.56 Å². The maximum absolute atomic E-state index is 12.8. The van der Waals surface area contributed by atoms with Crippen molar-refractivity contribution in [2.45, 2.75) is 50.6 Å². The molecule has 0 N–H and O–H groups in total. The van der Waals surface area contributed by atoms with Crippen molar-refractivity contribution < 1.29 is 4.52 Å². The van der Waals surface area contributed by atoms with Crippen LogP contribution in [-0.2, 0) is 12.2 Å². The number of halogens is 1. The summed E-state index contributed by atoms with van der Waals surface area (Å²) in [7, 11) is 0. The standard InChI is InChI=1S/C17H19ClN4O2S/c1-4-5-14-20-15(24-21-14)9-25-17-19-13-8-11(18)6-7-12(13)16(23)22(17)10(2)3/h6-8,10H,4-5,9H2,1-3H3. The summed E-state index contributed by atoms with van der Waals surface area (Å²) in [6, 6.07) is 5.12. The van der Waals surface area contributed by atoms with E-state index in [1.165, 1.54) is 11.8 Å². The molecular formula is C17H19ClN4O2S. The molecule has 0 aliphatic rings. The van der Waals surface area contributed by atoms with Gasteiger partial charge in [-0.15, -0.1) is 0 Å². The van der Waals surface area contributed by atoms with E-state index in [0.717, 1.165) is 12.8 Å². The highest BCUT2D eigenvalue weighted by Crippen LogP contribution is 2.25. The lowest BCUT2D eigenvalue weighted by molar-refractivity contribution is 0.384. The van der Waals surface area contributed by atoms with Crippen LogP contribution in [0.1, 0.15) is 44.9 Å². The molecule has 0 saturated carbocycles. The maximum Gasteiger partial charge on any atom is 0.262 e. The van der Waals surface area contributed by atoms with Gasteiger partial charge in [0, 0.05) is 17.5 Å². The molecule has 0 saturated heterocycles. The quantitative estimate of drug-likeness (QED) is 0.471. The number of nitrogens with zero attached hydrogens (tertiary/aromatic N) is 4. The first-order chi connectivity index (χ1) is 12.0. The number of aromatic nitrogens is 4. The summed E-state index contributed by atoms with van der Waals surface area (Å²) in [4.78, 5) is 21.8. The molecular weight excluding hydrogens is 360 g/mol. The Morgan fingerprint density at radius 3 is 2.84 bits per heavy atom. The maximum atomic E-state index is 12.8. The van der Waals surface area contributed by atoms with E-state index in [4.69, 9.17) is 16.1 Å². The van der Waals surface area contributed by atoms with E-state index in [-0.39, 0.29) is 11.6 Å². The highest BCUT2D eigenvalue weighted by molar-refractivity contribution is 7.98. The summed E-state index contributed by atoms with van der Waals surface area (Å²) >= 11 is 7.45. The fourth-order valence-corrected chi connectivity index (χ4v) is 3.64. The van der Waals surface area contributed by atoms with Gasteiger partial charge in [-0.05, 0) is 38.5 Å². The number of hydrogen-bond acceptors (Lipinski definition) is 6. The minimum absolute atomic E-state index is 0.0130. The van der Waals surface area contributed by atoms with Crippen molar-refractivity contribution in [3.05, 3.63) is 45.3 Å². The average molecular weight is 379 g/mol. The van der Waals surface area contributed by atoms with Crippen LogP contribution < -0.4 is 5.56 Å². The Kier molecular flexibility index (Phi) is 5.44. The predicted molar refractivity (Wildman–Crippen MR) is 99.3 cm³/mol. The minimum Gasteiger partial charge on any atom is -0.338 e. The first-order valence-electron chi connectivity index (χ1n) is 8.15. The second-order valence-electron chi connectivity index (χ2n) is 5.97. The van der Waals surface area contributed by atoms with Crippen LogP contribution in [0.3, 0.4) is 0 Å². The monoisotopic (exact) mass is 378 g/mol. The van der Waals surface area contributed by atoms with E-state index in [2.05, 4.69) is 22.0 Å². The van der Waals surface area contributed by atoms with Gasteiger partial charge >= 0.3 is 0 Å². The molecule has 6 nitrogen and oxygen atoms in total. The molecule has 0 aliphatic carbocycles. The third-order valence-corrected chi connectivity index (χ3v) is 4.83. The van der Waals surface area contributed by atoms with Crippen LogP contribution in [0.25, 0.3) is 10.9 Å². The molecule has 25 heavy (non-hydrogen) atoms. The fraction of sp³-hybridized carbons (Fsp3) is 0.412. The Labute approximate surface area is 154 Å². The van der Waals surface area contributed by atoms with Crippen LogP contribution in [0.15, 0.2) is 32.7 Å². The SMILES string of the molecule is CCCc1noc(CSc2nc3cc(Cl)ccc3c(=O)n2C(C)C)n1. The van der Waals surface area contributed by atoms with Gasteiger partial charge in [-0.25, -0.2) is 4.98 Å². The van der Waals surface area contributed by atoms with E-state index in [9.17, 15) is 4.79 Å². The summed E-state index contributed by atoms with van der Waals surface area (Å²) < 4.78 is 6.94. The van der Waals surface area contributed by atoms with Gasteiger partial charge in [0.2, 0.25) is 5.89 Å². The Bertz CT molecular complexity index is 951. The van der Waals surface area contributed by atoms with Crippen LogP contribution in [-0.4, -0.2) is 19.7 Å². The molecule has 132 valence electrons. The largest absolute Gasteiger partial charge is 0.338 e. The third-order valence-electron chi connectivity index (χ3n) is 3.66. The van der Waals surface area contributed by atoms with Crippen molar-refractivity contribution in [3.63, 3.8) is 0 Å². The second kappa shape index (κ2) is 7.58. The molecule has 0 atom stereocenters. The number of thioether (sulfide) groups is 1. The van der Waals surface area contributed by atoms with Crippen LogP contribution in [0.5, 0.6) is 0 Å². The predicted octanol–water partition coefficient (Wildman–Crippen LogP) is 4.26. The normalized spacial score (nSPS) is 11.6. The van der Waals surface area contributed by atoms with E-state index in [1.807, 2.05) is 13.8 Å². The Morgan fingerprint density at radius 2 is 2.12 bits per heavy atom. The topological polar surface area (TPSA) is 73.8 Å². The zero-order chi connectivity index (χ0) is 18.0. The van der Waals surface area contributed by atoms with E-state index in [0.29, 0.717) is 38.5 Å². The zero-order valence-corrected chi connectivity index (χ0v) is 15.9. The van der Waals surface area contributed by atoms with E-state index in [1.54, 1.807) is 22.8 Å². The molecule has 2 heterocycles. The molecule has 0 unspecified atom stereocenters. The highest BCUT2D eigenvalue weighted by atomic mass is 35.5. The third kappa shape index (κ3) is 3.88. The first-order valence-corrected chi connectivity index (χ1v) is 9.52. The van der Waals surface area contributed by atoms with Crippen molar-refractivity contribution >= 4 is 34.3 Å². The van der Waals surface area contributed by atoms with Gasteiger partial charge in [-0.2, -0.15) is 4.98 Å². The molecule has 2 aromatic heterocycles. The molecule has 0 aliphatic heterocycles. The van der Waals surface area contributed by atoms with Gasteiger partial charge in [0.15, 0.2) is 11.0 Å². The van der Waals surface area contributed by atoms with Crippen LogP contribution in [0.4, 0.5) is 0 Å². The number of benzene rings is 1. The van der Waals surface area contributed by atoms with Gasteiger partial charge in [-0.1, -0.05) is 35.4 Å². The zero-order valence-electron chi connectivity index (χ0n) is 14.3. The first kappa shape index (κ1) is 17.9. The second-order valence-corrected chi connectivity index (χ2v) is 7.35. The van der Waals surface area contributed by atoms with Crippen molar-refractivity contribution in [3.8, 4) is 0 Å². The van der Waals surface area contributed by atoms with Crippen molar-refractivity contribution in [2.75, 3.05) is 0 Å². The molecule has 0 amide bonds. The lowest BCUT2D eigenvalue weighted by atomic mass is 10.2. The van der Waals surface area contributed by atoms with Crippen molar-refractivity contribution in [1.82, 2.24) is 19.7 Å². The van der Waals surface area contributed by atoms with Crippen LogP contribution in [0, 0.1) is 0 Å². The summed E-state index contributed by atoms with van der Waals surface area (Å²) in [6.45, 7) is 5.98. The Morgan fingerprint density at radius 1 is 1.32 bits per heavy atom. The average Bonchev–Trinajstić information content (AvgIpc) is 3.00. The molecule has 3 rings (SSSR count). The number of aryl methyl sites for hydroxylation is 1. The Balaban J connectivity index is 1.95. The van der Waals surface area contributed by atoms with Crippen molar-refractivity contribution in [2.24, 2.45) is 0 Å². The summed E-state index contributed by atoms with van der Waals surface area (Å²) in [5.41, 5.74) is 0.519. The molecule has 3 aromatic rings. The molecule has 8 heteroatoms. The lowest BCUT2D eigenvalue weighted by Gasteiger charge is -2.15. The molecule has 0 spiro atoms. The highest BCUT2D eigenvalue weighted by Gasteiger charge is 2.16. The number of rotatable bonds is 6. The summed E-state index contributed by atoms with van der Waals surface area (Å²) in [5, 5.41) is 5.68. The Hall–Kier alpha value is -1.86. The van der Waals surface area contributed by atoms with Crippen LogP contribution >= 0.6 is 23.4 Å². The van der Waals surface area contributed by atoms with E-state index >= 15 is 0 Å². The van der Waals surface area contributed by atoms with Crippen LogP contribution in [0.2, 0.25) is 5.02 Å². The minimum atomic E-state index is -0.0728. The molecule has 1 aromatic carbocycles. The van der Waals surface area contributed by atoms with E-state index < -0.39 is 0 Å². The molecule has 0 fully saturated rings. The summed E-state index contributed by atoms with van der Waals surface area (Å²) in [6.07, 6.45) is 1.75. The molecule has 0 bridgehead atoms. The van der Waals surface area contributed by atoms with Gasteiger partial charge in [-0.3, -0.25) is 9.36 Å². The lowest BCUT2D eigenvalue weighted by Crippen LogP contribution is -2.25. The van der Waals surface area contributed by atoms with Gasteiger partial charge in [0.05, 0.1) is 16.7 Å². The number of hydrogen-bond donors (Lipinski definition) is 0.